The van der Waals surface area contributed by atoms with Crippen molar-refractivity contribution >= 4 is 5.78 Å². The molecular weight excluding hydrogens is 212 g/mol. The van der Waals surface area contributed by atoms with Gasteiger partial charge in [-0.25, -0.2) is 0 Å². The Balaban J connectivity index is 0. The SMILES string of the molecule is CCCCCC(=O)CCCCC.CCOCC. The maximum atomic E-state index is 11.2. The smallest absolute Gasteiger partial charge is 0.132 e. The molecule has 2 nitrogen and oxygen atoms in total. The van der Waals surface area contributed by atoms with E-state index in [-0.39, 0.29) is 0 Å². The summed E-state index contributed by atoms with van der Waals surface area (Å²) in [6, 6.07) is 0. The van der Waals surface area contributed by atoms with E-state index in [1.54, 1.807) is 0 Å². The van der Waals surface area contributed by atoms with Crippen LogP contribution >= 0.6 is 0 Å². The molecule has 104 valence electrons. The first-order valence-corrected chi connectivity index (χ1v) is 7.32. The first-order chi connectivity index (χ1) is 8.22. The van der Waals surface area contributed by atoms with E-state index in [2.05, 4.69) is 13.8 Å². The quantitative estimate of drug-likeness (QED) is 0.518. The number of carbonyl (C=O) groups excluding carboxylic acids is 1. The minimum absolute atomic E-state index is 0.469. The first kappa shape index (κ1) is 19.0. The van der Waals surface area contributed by atoms with Gasteiger partial charge in [-0.3, -0.25) is 4.79 Å². The third-order valence-electron chi connectivity index (χ3n) is 2.53. The average Bonchev–Trinajstić information content (AvgIpc) is 2.32. The number of hydrogen-bond donors (Lipinski definition) is 0. The third-order valence-corrected chi connectivity index (χ3v) is 2.53. The lowest BCUT2D eigenvalue weighted by Gasteiger charge is -1.98. The van der Waals surface area contributed by atoms with Gasteiger partial charge in [0.2, 0.25) is 0 Å². The van der Waals surface area contributed by atoms with Crippen LogP contribution in [0.15, 0.2) is 0 Å². The molecule has 0 amide bonds. The van der Waals surface area contributed by atoms with Gasteiger partial charge in [0.05, 0.1) is 0 Å². The van der Waals surface area contributed by atoms with E-state index in [9.17, 15) is 4.79 Å². The van der Waals surface area contributed by atoms with Crippen molar-refractivity contribution < 1.29 is 9.53 Å². The highest BCUT2D eigenvalue weighted by atomic mass is 16.5. The van der Waals surface area contributed by atoms with E-state index in [0.717, 1.165) is 38.9 Å². The second-order valence-corrected chi connectivity index (χ2v) is 4.23. The maximum absolute atomic E-state index is 11.2. The van der Waals surface area contributed by atoms with Gasteiger partial charge in [-0.05, 0) is 26.7 Å². The fourth-order valence-corrected chi connectivity index (χ4v) is 1.47. The number of hydrogen-bond acceptors (Lipinski definition) is 2. The molecule has 0 aromatic rings. The average molecular weight is 244 g/mol. The fraction of sp³-hybridized carbons (Fsp3) is 0.933. The van der Waals surface area contributed by atoms with Gasteiger partial charge < -0.3 is 4.74 Å². The van der Waals surface area contributed by atoms with Crippen molar-refractivity contribution in [2.45, 2.75) is 79.1 Å². The van der Waals surface area contributed by atoms with Crippen molar-refractivity contribution in [1.29, 1.82) is 0 Å². The van der Waals surface area contributed by atoms with Crippen molar-refractivity contribution in [2.75, 3.05) is 13.2 Å². The predicted molar refractivity (Wildman–Crippen MR) is 75.5 cm³/mol. The summed E-state index contributed by atoms with van der Waals surface area (Å²) in [4.78, 5) is 11.2. The zero-order valence-corrected chi connectivity index (χ0v) is 12.4. The molecule has 0 saturated heterocycles. The molecule has 0 aromatic heterocycles. The van der Waals surface area contributed by atoms with Crippen molar-refractivity contribution in [3.05, 3.63) is 0 Å². The molecule has 0 unspecified atom stereocenters. The van der Waals surface area contributed by atoms with Gasteiger partial charge in [-0.15, -0.1) is 0 Å². The second kappa shape index (κ2) is 18.0. The van der Waals surface area contributed by atoms with Crippen LogP contribution in [0.4, 0.5) is 0 Å². The summed E-state index contributed by atoms with van der Waals surface area (Å²) in [5, 5.41) is 0. The lowest BCUT2D eigenvalue weighted by atomic mass is 10.1. The van der Waals surface area contributed by atoms with Gasteiger partial charge in [0.15, 0.2) is 0 Å². The van der Waals surface area contributed by atoms with Crippen LogP contribution in [0.3, 0.4) is 0 Å². The standard InChI is InChI=1S/C11H22O.C4H10O/c1-3-5-7-9-11(12)10-8-6-4-2;1-3-5-4-2/h3-10H2,1-2H3;3-4H2,1-2H3. The van der Waals surface area contributed by atoms with E-state index < -0.39 is 0 Å². The molecule has 0 aliphatic heterocycles. The molecule has 0 rings (SSSR count). The topological polar surface area (TPSA) is 26.3 Å². The highest BCUT2D eigenvalue weighted by Gasteiger charge is 1.99. The van der Waals surface area contributed by atoms with Crippen LogP contribution in [0.5, 0.6) is 0 Å². The van der Waals surface area contributed by atoms with Crippen LogP contribution in [-0.2, 0) is 9.53 Å². The highest BCUT2D eigenvalue weighted by Crippen LogP contribution is 2.05. The molecule has 0 radical (unpaired) electrons. The summed E-state index contributed by atoms with van der Waals surface area (Å²) in [6.07, 6.45) is 8.67. The minimum atomic E-state index is 0.469. The Hall–Kier alpha value is -0.370. The Morgan fingerprint density at radius 1 is 0.765 bits per heavy atom. The Bertz CT molecular complexity index is 130. The van der Waals surface area contributed by atoms with E-state index in [1.165, 1.54) is 25.7 Å². The van der Waals surface area contributed by atoms with Crippen LogP contribution in [0.2, 0.25) is 0 Å². The van der Waals surface area contributed by atoms with Crippen LogP contribution in [-0.4, -0.2) is 19.0 Å². The number of unbranched alkanes of at least 4 members (excludes halogenated alkanes) is 4. The normalized spacial score (nSPS) is 9.65. The Morgan fingerprint density at radius 2 is 1.18 bits per heavy atom. The summed E-state index contributed by atoms with van der Waals surface area (Å²) in [7, 11) is 0. The number of ether oxygens (including phenoxy) is 1. The molecular formula is C15H32O2. The van der Waals surface area contributed by atoms with Crippen molar-refractivity contribution in [3.63, 3.8) is 0 Å². The van der Waals surface area contributed by atoms with Crippen LogP contribution in [0.1, 0.15) is 79.1 Å². The summed E-state index contributed by atoms with van der Waals surface area (Å²) in [5.41, 5.74) is 0. The zero-order chi connectivity index (χ0) is 13.4. The summed E-state index contributed by atoms with van der Waals surface area (Å²) >= 11 is 0. The van der Waals surface area contributed by atoms with Gasteiger partial charge in [0.1, 0.15) is 5.78 Å². The van der Waals surface area contributed by atoms with E-state index >= 15 is 0 Å². The summed E-state index contributed by atoms with van der Waals surface area (Å²) in [6.45, 7) is 10.0. The first-order valence-electron chi connectivity index (χ1n) is 7.32. The molecule has 17 heavy (non-hydrogen) atoms. The Morgan fingerprint density at radius 3 is 1.41 bits per heavy atom. The predicted octanol–water partition coefficient (Wildman–Crippen LogP) is 4.76. The molecule has 2 heteroatoms. The van der Waals surface area contributed by atoms with Crippen molar-refractivity contribution in [2.24, 2.45) is 0 Å². The van der Waals surface area contributed by atoms with Crippen LogP contribution < -0.4 is 0 Å². The van der Waals surface area contributed by atoms with Gasteiger partial charge >= 0.3 is 0 Å². The summed E-state index contributed by atoms with van der Waals surface area (Å²) in [5.74, 6) is 0.469. The second-order valence-electron chi connectivity index (χ2n) is 4.23. The Kier molecular flexibility index (Phi) is 20.1. The molecule has 0 fully saturated rings. The summed E-state index contributed by atoms with van der Waals surface area (Å²) < 4.78 is 4.83. The van der Waals surface area contributed by atoms with Gasteiger partial charge in [-0.2, -0.15) is 0 Å². The number of Topliss-reactive ketones (excluding diaryl/α,β-unsaturated/α-hetero) is 1. The lowest BCUT2D eigenvalue weighted by molar-refractivity contribution is -0.119. The van der Waals surface area contributed by atoms with E-state index in [0.29, 0.717) is 5.78 Å². The fourth-order valence-electron chi connectivity index (χ4n) is 1.47. The number of carbonyl (C=O) groups is 1. The number of rotatable bonds is 10. The van der Waals surface area contributed by atoms with Crippen molar-refractivity contribution in [1.82, 2.24) is 0 Å². The molecule has 0 spiro atoms. The largest absolute Gasteiger partial charge is 0.382 e. The monoisotopic (exact) mass is 244 g/mol. The molecule has 0 heterocycles. The maximum Gasteiger partial charge on any atom is 0.132 e. The molecule has 0 aliphatic rings. The van der Waals surface area contributed by atoms with Gasteiger partial charge in [0, 0.05) is 26.1 Å². The number of ketones is 1. The Labute approximate surface area is 108 Å². The van der Waals surface area contributed by atoms with Gasteiger partial charge in [0.25, 0.3) is 0 Å². The molecule has 0 atom stereocenters. The molecule has 0 saturated carbocycles. The molecule has 0 N–H and O–H groups in total. The van der Waals surface area contributed by atoms with E-state index in [1.807, 2.05) is 13.8 Å². The molecule has 0 aromatic carbocycles. The van der Waals surface area contributed by atoms with Crippen molar-refractivity contribution in [3.8, 4) is 0 Å². The lowest BCUT2D eigenvalue weighted by Crippen LogP contribution is -1.96. The highest BCUT2D eigenvalue weighted by molar-refractivity contribution is 5.78. The molecule has 0 aliphatic carbocycles. The third kappa shape index (κ3) is 21.5. The molecule has 0 bridgehead atoms. The zero-order valence-electron chi connectivity index (χ0n) is 12.4. The van der Waals surface area contributed by atoms with Crippen LogP contribution in [0, 0.1) is 0 Å². The van der Waals surface area contributed by atoms with E-state index in [4.69, 9.17) is 4.74 Å². The van der Waals surface area contributed by atoms with Crippen LogP contribution in [0.25, 0.3) is 0 Å². The van der Waals surface area contributed by atoms with Gasteiger partial charge in [-0.1, -0.05) is 39.5 Å². The minimum Gasteiger partial charge on any atom is -0.382 e.